The molecule has 120 valence electrons. The highest BCUT2D eigenvalue weighted by Gasteiger charge is 2.41. The summed E-state index contributed by atoms with van der Waals surface area (Å²) in [6.45, 7) is 5.18. The van der Waals surface area contributed by atoms with E-state index >= 15 is 0 Å². The molecular weight excluding hydrogens is 282 g/mol. The highest BCUT2D eigenvalue weighted by atomic mass is 32.1. The number of nitrogens with zero attached hydrogens (tertiary/aromatic N) is 1. The Kier molecular flexibility index (Phi) is 5.99. The zero-order valence-corrected chi connectivity index (χ0v) is 14.0. The van der Waals surface area contributed by atoms with Gasteiger partial charge < -0.3 is 11.1 Å². The molecule has 2 rings (SSSR count). The normalized spacial score (nSPS) is 24.2. The second-order valence-electron chi connectivity index (χ2n) is 6.66. The topological polar surface area (TPSA) is 58.4 Å². The highest BCUT2D eigenvalue weighted by molar-refractivity contribution is 7.80. The predicted molar refractivity (Wildman–Crippen MR) is 90.2 cm³/mol. The minimum absolute atomic E-state index is 0.0583. The molecule has 1 aliphatic heterocycles. The monoisotopic (exact) mass is 311 g/mol. The van der Waals surface area contributed by atoms with Crippen molar-refractivity contribution in [3.05, 3.63) is 0 Å². The Morgan fingerprint density at radius 1 is 1.19 bits per heavy atom. The number of hydrogen-bond donors (Lipinski definition) is 2. The molecule has 0 aromatic heterocycles. The molecule has 0 spiro atoms. The Hall–Kier alpha value is -0.680. The first-order chi connectivity index (χ1) is 10.1. The predicted octanol–water partition coefficient (Wildman–Crippen LogP) is 2.21. The van der Waals surface area contributed by atoms with Crippen LogP contribution in [0.4, 0.5) is 0 Å². The molecule has 0 bridgehead atoms. The molecule has 1 saturated heterocycles. The van der Waals surface area contributed by atoms with E-state index in [9.17, 15) is 4.79 Å². The molecule has 1 unspecified atom stereocenters. The summed E-state index contributed by atoms with van der Waals surface area (Å²) in [5.74, 6) is 0.0583. The van der Waals surface area contributed by atoms with E-state index in [1.165, 1.54) is 25.7 Å². The number of thiocarbonyl (C=S) groups is 1. The van der Waals surface area contributed by atoms with E-state index in [1.807, 2.05) is 0 Å². The van der Waals surface area contributed by atoms with Crippen molar-refractivity contribution in [2.75, 3.05) is 19.6 Å². The van der Waals surface area contributed by atoms with E-state index < -0.39 is 5.41 Å². The zero-order valence-electron chi connectivity index (χ0n) is 13.2. The standard InChI is InChI=1S/C16H29N3OS/c1-13(19-10-6-7-11-19)12-18-15(20)16(14(17)21)8-4-2-3-5-9-16/h13H,2-12H2,1H3,(H2,17,21)(H,18,20). The van der Waals surface area contributed by atoms with Crippen LogP contribution < -0.4 is 11.1 Å². The third-order valence-corrected chi connectivity index (χ3v) is 5.58. The SMILES string of the molecule is CC(CNC(=O)C1(C(N)=S)CCCCCC1)N1CCCC1. The number of nitrogens with one attached hydrogen (secondary N) is 1. The van der Waals surface area contributed by atoms with Crippen LogP contribution in [0.2, 0.25) is 0 Å². The molecule has 3 N–H and O–H groups in total. The Labute approximate surface area is 133 Å². The summed E-state index contributed by atoms with van der Waals surface area (Å²) in [6, 6.07) is 0.394. The minimum atomic E-state index is -0.601. The van der Waals surface area contributed by atoms with Crippen LogP contribution in [-0.2, 0) is 4.79 Å². The average molecular weight is 311 g/mol. The molecule has 4 nitrogen and oxygen atoms in total. The van der Waals surface area contributed by atoms with Crippen molar-refractivity contribution in [3.63, 3.8) is 0 Å². The third-order valence-electron chi connectivity index (χ3n) is 5.19. The zero-order chi connectivity index (χ0) is 15.3. The maximum Gasteiger partial charge on any atom is 0.233 e. The molecule has 1 saturated carbocycles. The molecule has 1 heterocycles. The number of nitrogens with two attached hydrogens (primary N) is 1. The van der Waals surface area contributed by atoms with Crippen molar-refractivity contribution >= 4 is 23.1 Å². The lowest BCUT2D eigenvalue weighted by Crippen LogP contribution is -2.51. The summed E-state index contributed by atoms with van der Waals surface area (Å²) in [4.78, 5) is 15.6. The Morgan fingerprint density at radius 2 is 1.76 bits per heavy atom. The van der Waals surface area contributed by atoms with E-state index in [1.54, 1.807) is 0 Å². The van der Waals surface area contributed by atoms with Gasteiger partial charge in [0, 0.05) is 12.6 Å². The molecule has 2 aliphatic rings. The van der Waals surface area contributed by atoms with Gasteiger partial charge in [-0.15, -0.1) is 0 Å². The van der Waals surface area contributed by atoms with Crippen molar-refractivity contribution < 1.29 is 4.79 Å². The van der Waals surface area contributed by atoms with Gasteiger partial charge in [-0.1, -0.05) is 37.9 Å². The van der Waals surface area contributed by atoms with Crippen LogP contribution in [0.5, 0.6) is 0 Å². The van der Waals surface area contributed by atoms with Gasteiger partial charge in [0.1, 0.15) is 0 Å². The smallest absolute Gasteiger partial charge is 0.233 e. The van der Waals surface area contributed by atoms with Crippen LogP contribution in [0.25, 0.3) is 0 Å². The van der Waals surface area contributed by atoms with Gasteiger partial charge in [0.25, 0.3) is 0 Å². The fraction of sp³-hybridized carbons (Fsp3) is 0.875. The number of hydrogen-bond acceptors (Lipinski definition) is 3. The number of carbonyl (C=O) groups is 1. The Bertz CT molecular complexity index is 372. The van der Waals surface area contributed by atoms with Gasteiger partial charge in [0.05, 0.1) is 10.4 Å². The van der Waals surface area contributed by atoms with Crippen LogP contribution in [-0.4, -0.2) is 41.5 Å². The van der Waals surface area contributed by atoms with Gasteiger partial charge in [-0.2, -0.15) is 0 Å². The summed E-state index contributed by atoms with van der Waals surface area (Å²) >= 11 is 5.26. The van der Waals surface area contributed by atoms with Gasteiger partial charge in [0.15, 0.2) is 0 Å². The number of likely N-dealkylation sites (tertiary alicyclic amines) is 1. The van der Waals surface area contributed by atoms with Crippen molar-refractivity contribution in [2.24, 2.45) is 11.1 Å². The molecule has 5 heteroatoms. The molecule has 0 aromatic carbocycles. The Balaban J connectivity index is 1.93. The molecular formula is C16H29N3OS. The van der Waals surface area contributed by atoms with Crippen molar-refractivity contribution in [1.29, 1.82) is 0 Å². The molecule has 1 amide bonds. The first kappa shape index (κ1) is 16.7. The van der Waals surface area contributed by atoms with Crippen molar-refractivity contribution in [3.8, 4) is 0 Å². The van der Waals surface area contributed by atoms with Gasteiger partial charge in [0.2, 0.25) is 5.91 Å². The van der Waals surface area contributed by atoms with Crippen LogP contribution >= 0.6 is 12.2 Å². The third kappa shape index (κ3) is 3.95. The van der Waals surface area contributed by atoms with Crippen LogP contribution in [0.15, 0.2) is 0 Å². The summed E-state index contributed by atoms with van der Waals surface area (Å²) in [5.41, 5.74) is 5.36. The van der Waals surface area contributed by atoms with Crippen molar-refractivity contribution in [1.82, 2.24) is 10.2 Å². The van der Waals surface area contributed by atoms with Crippen LogP contribution in [0.1, 0.15) is 58.3 Å². The fourth-order valence-electron chi connectivity index (χ4n) is 3.64. The lowest BCUT2D eigenvalue weighted by Gasteiger charge is -2.32. The van der Waals surface area contributed by atoms with Crippen molar-refractivity contribution in [2.45, 2.75) is 64.3 Å². The number of amides is 1. The highest BCUT2D eigenvalue weighted by Crippen LogP contribution is 2.35. The van der Waals surface area contributed by atoms with Gasteiger partial charge >= 0.3 is 0 Å². The summed E-state index contributed by atoms with van der Waals surface area (Å²) in [7, 11) is 0. The second kappa shape index (κ2) is 7.54. The van der Waals surface area contributed by atoms with Crippen LogP contribution in [0.3, 0.4) is 0 Å². The lowest BCUT2D eigenvalue weighted by atomic mass is 9.79. The molecule has 1 aliphatic carbocycles. The summed E-state index contributed by atoms with van der Waals surface area (Å²) in [6.07, 6.45) is 8.63. The summed E-state index contributed by atoms with van der Waals surface area (Å²) in [5, 5.41) is 3.13. The molecule has 1 atom stereocenters. The molecule has 2 fully saturated rings. The quantitative estimate of drug-likeness (QED) is 0.604. The van der Waals surface area contributed by atoms with E-state index in [2.05, 4.69) is 17.1 Å². The molecule has 21 heavy (non-hydrogen) atoms. The Morgan fingerprint density at radius 3 is 2.29 bits per heavy atom. The lowest BCUT2D eigenvalue weighted by molar-refractivity contribution is -0.128. The minimum Gasteiger partial charge on any atom is -0.392 e. The van der Waals surface area contributed by atoms with E-state index in [-0.39, 0.29) is 5.91 Å². The molecule has 0 radical (unpaired) electrons. The largest absolute Gasteiger partial charge is 0.392 e. The maximum atomic E-state index is 12.7. The fourth-order valence-corrected chi connectivity index (χ4v) is 3.94. The van der Waals surface area contributed by atoms with Gasteiger partial charge in [-0.05, 0) is 45.7 Å². The average Bonchev–Trinajstić information content (AvgIpc) is 2.88. The van der Waals surface area contributed by atoms with Crippen LogP contribution in [0, 0.1) is 5.41 Å². The first-order valence-corrected chi connectivity index (χ1v) is 8.79. The van der Waals surface area contributed by atoms with E-state index in [4.69, 9.17) is 18.0 Å². The van der Waals surface area contributed by atoms with Gasteiger partial charge in [-0.3, -0.25) is 9.69 Å². The second-order valence-corrected chi connectivity index (χ2v) is 7.10. The van der Waals surface area contributed by atoms with E-state index in [0.29, 0.717) is 17.6 Å². The first-order valence-electron chi connectivity index (χ1n) is 8.38. The van der Waals surface area contributed by atoms with E-state index in [0.717, 1.165) is 38.8 Å². The summed E-state index contributed by atoms with van der Waals surface area (Å²) < 4.78 is 0. The number of rotatable bonds is 5. The van der Waals surface area contributed by atoms with Gasteiger partial charge in [-0.25, -0.2) is 0 Å². The number of carbonyl (C=O) groups excluding carboxylic acids is 1. The maximum absolute atomic E-state index is 12.7. The molecule has 0 aromatic rings.